The van der Waals surface area contributed by atoms with Crippen LogP contribution in [0.5, 0.6) is 0 Å². The van der Waals surface area contributed by atoms with Gasteiger partial charge in [0.05, 0.1) is 19.3 Å². The first-order valence-corrected chi connectivity index (χ1v) is 10.6. The van der Waals surface area contributed by atoms with Gasteiger partial charge in [-0.3, -0.25) is 4.79 Å². The predicted molar refractivity (Wildman–Crippen MR) is 102 cm³/mol. The molecule has 0 spiro atoms. The molecule has 1 aliphatic heterocycles. The van der Waals surface area contributed by atoms with Gasteiger partial charge in [0, 0.05) is 13.1 Å². The number of ether oxygens (including phenoxy) is 1. The molecule has 1 atom stereocenters. The van der Waals surface area contributed by atoms with Crippen LogP contribution < -0.4 is 0 Å². The fourth-order valence-electron chi connectivity index (χ4n) is 3.76. The molecule has 1 aliphatic carbocycles. The van der Waals surface area contributed by atoms with Gasteiger partial charge in [0.2, 0.25) is 11.1 Å². The van der Waals surface area contributed by atoms with E-state index in [-0.39, 0.29) is 11.2 Å². The van der Waals surface area contributed by atoms with Crippen molar-refractivity contribution in [2.24, 2.45) is 0 Å². The maximum Gasteiger partial charge on any atom is 0.240 e. The zero-order valence-electron chi connectivity index (χ0n) is 15.4. The van der Waals surface area contributed by atoms with Gasteiger partial charge < -0.3 is 9.64 Å². The third kappa shape index (κ3) is 4.32. The van der Waals surface area contributed by atoms with Crippen molar-refractivity contribution >= 4 is 17.7 Å². The van der Waals surface area contributed by atoms with Crippen LogP contribution in [0.1, 0.15) is 49.0 Å². The van der Waals surface area contributed by atoms with Crippen molar-refractivity contribution in [3.05, 3.63) is 35.9 Å². The summed E-state index contributed by atoms with van der Waals surface area (Å²) in [5.41, 5.74) is 0.984. The van der Waals surface area contributed by atoms with Crippen LogP contribution in [0.15, 0.2) is 35.5 Å². The van der Waals surface area contributed by atoms with Gasteiger partial charge in [-0.05, 0) is 28.8 Å². The van der Waals surface area contributed by atoms with Crippen LogP contribution in [0.2, 0.25) is 0 Å². The molecular formula is C19H25N5O2S. The summed E-state index contributed by atoms with van der Waals surface area (Å²) in [7, 11) is 0. The molecular weight excluding hydrogens is 362 g/mol. The SMILES string of the molecule is O=C([C@H](Sc1nnnn1C1CCCCC1)c1ccccc1)N1CCOCC1. The zero-order valence-corrected chi connectivity index (χ0v) is 16.2. The van der Waals surface area contributed by atoms with Crippen LogP contribution in [0.25, 0.3) is 0 Å². The van der Waals surface area contributed by atoms with Gasteiger partial charge in [-0.25, -0.2) is 4.68 Å². The van der Waals surface area contributed by atoms with Crippen molar-refractivity contribution in [1.82, 2.24) is 25.1 Å². The van der Waals surface area contributed by atoms with Gasteiger partial charge in [-0.15, -0.1) is 5.10 Å². The lowest BCUT2D eigenvalue weighted by Gasteiger charge is -2.30. The van der Waals surface area contributed by atoms with Gasteiger partial charge in [0.1, 0.15) is 5.25 Å². The van der Waals surface area contributed by atoms with Crippen LogP contribution in [-0.4, -0.2) is 57.3 Å². The molecule has 8 heteroatoms. The van der Waals surface area contributed by atoms with E-state index in [0.29, 0.717) is 32.3 Å². The van der Waals surface area contributed by atoms with Gasteiger partial charge in [0.25, 0.3) is 0 Å². The molecule has 1 aromatic heterocycles. The third-order valence-corrected chi connectivity index (χ3v) is 6.44. The summed E-state index contributed by atoms with van der Waals surface area (Å²) in [6, 6.07) is 10.3. The van der Waals surface area contributed by atoms with Gasteiger partial charge in [0.15, 0.2) is 0 Å². The Hall–Kier alpha value is -1.93. The normalized spacial score (nSPS) is 19.8. The first kappa shape index (κ1) is 18.4. The van der Waals surface area contributed by atoms with E-state index in [2.05, 4.69) is 15.5 Å². The van der Waals surface area contributed by atoms with Crippen molar-refractivity contribution in [1.29, 1.82) is 0 Å². The van der Waals surface area contributed by atoms with Crippen LogP contribution in [0, 0.1) is 0 Å². The van der Waals surface area contributed by atoms with E-state index in [1.165, 1.54) is 31.0 Å². The number of nitrogens with zero attached hydrogens (tertiary/aromatic N) is 5. The maximum absolute atomic E-state index is 13.3. The number of hydrogen-bond acceptors (Lipinski definition) is 6. The summed E-state index contributed by atoms with van der Waals surface area (Å²) < 4.78 is 7.34. The number of aromatic nitrogens is 4. The number of morpholine rings is 1. The number of carbonyl (C=O) groups is 1. The minimum absolute atomic E-state index is 0.104. The molecule has 1 saturated carbocycles. The van der Waals surface area contributed by atoms with E-state index in [4.69, 9.17) is 4.74 Å². The summed E-state index contributed by atoms with van der Waals surface area (Å²) in [6.07, 6.45) is 5.91. The van der Waals surface area contributed by atoms with E-state index < -0.39 is 0 Å². The Labute approximate surface area is 163 Å². The summed E-state index contributed by atoms with van der Waals surface area (Å²) >= 11 is 1.47. The number of amides is 1. The second kappa shape index (κ2) is 8.84. The lowest BCUT2D eigenvalue weighted by molar-refractivity contribution is -0.134. The maximum atomic E-state index is 13.3. The van der Waals surface area contributed by atoms with Crippen LogP contribution >= 0.6 is 11.8 Å². The van der Waals surface area contributed by atoms with Crippen molar-refractivity contribution in [2.75, 3.05) is 26.3 Å². The number of hydrogen-bond donors (Lipinski definition) is 0. The number of thioether (sulfide) groups is 1. The molecule has 2 aliphatic rings. The minimum Gasteiger partial charge on any atom is -0.378 e. The first-order valence-electron chi connectivity index (χ1n) is 9.69. The van der Waals surface area contributed by atoms with Crippen molar-refractivity contribution in [3.63, 3.8) is 0 Å². The number of carbonyl (C=O) groups excluding carboxylic acids is 1. The van der Waals surface area contributed by atoms with E-state index in [9.17, 15) is 4.79 Å². The Bertz CT molecular complexity index is 742. The molecule has 0 unspecified atom stereocenters. The lowest BCUT2D eigenvalue weighted by atomic mass is 9.96. The molecule has 1 aromatic carbocycles. The van der Waals surface area contributed by atoms with Crippen LogP contribution in [0.4, 0.5) is 0 Å². The topological polar surface area (TPSA) is 73.1 Å². The fourth-order valence-corrected chi connectivity index (χ4v) is 4.89. The van der Waals surface area contributed by atoms with Crippen molar-refractivity contribution < 1.29 is 9.53 Å². The van der Waals surface area contributed by atoms with E-state index >= 15 is 0 Å². The largest absolute Gasteiger partial charge is 0.378 e. The Morgan fingerprint density at radius 3 is 2.59 bits per heavy atom. The van der Waals surface area contributed by atoms with Crippen LogP contribution in [0.3, 0.4) is 0 Å². The summed E-state index contributed by atoms with van der Waals surface area (Å²) in [5, 5.41) is 12.8. The van der Waals surface area contributed by atoms with Gasteiger partial charge >= 0.3 is 0 Å². The highest BCUT2D eigenvalue weighted by molar-refractivity contribution is 8.00. The Kier molecular flexibility index (Phi) is 6.03. The highest BCUT2D eigenvalue weighted by atomic mass is 32.2. The number of tetrazole rings is 1. The summed E-state index contributed by atoms with van der Waals surface area (Å²) in [6.45, 7) is 2.46. The fraction of sp³-hybridized carbons (Fsp3) is 0.579. The second-order valence-corrected chi connectivity index (χ2v) is 8.12. The second-order valence-electron chi connectivity index (χ2n) is 7.04. The molecule has 27 heavy (non-hydrogen) atoms. The van der Waals surface area contributed by atoms with Gasteiger partial charge in [-0.2, -0.15) is 0 Å². The molecule has 4 rings (SSSR count). The monoisotopic (exact) mass is 387 g/mol. The van der Waals surface area contributed by atoms with E-state index in [0.717, 1.165) is 23.6 Å². The third-order valence-electron chi connectivity index (χ3n) is 5.26. The molecule has 1 saturated heterocycles. The standard InChI is InChI=1S/C19H25N5O2S/c25-18(23-11-13-26-14-12-23)17(15-7-3-1-4-8-15)27-19-20-21-22-24(19)16-9-5-2-6-10-16/h1,3-4,7-8,16-17H,2,5-6,9-14H2/t17-/m1/s1. The highest BCUT2D eigenvalue weighted by Crippen LogP contribution is 2.38. The number of rotatable bonds is 5. The molecule has 2 heterocycles. The average Bonchev–Trinajstić information content (AvgIpc) is 3.22. The molecule has 2 aromatic rings. The van der Waals surface area contributed by atoms with Crippen molar-refractivity contribution in [3.8, 4) is 0 Å². The Morgan fingerprint density at radius 1 is 1.11 bits per heavy atom. The highest BCUT2D eigenvalue weighted by Gasteiger charge is 2.31. The molecule has 0 bridgehead atoms. The smallest absolute Gasteiger partial charge is 0.240 e. The molecule has 0 radical (unpaired) electrons. The summed E-state index contributed by atoms with van der Waals surface area (Å²) in [5.74, 6) is 0.104. The average molecular weight is 388 g/mol. The Morgan fingerprint density at radius 2 is 1.85 bits per heavy atom. The lowest BCUT2D eigenvalue weighted by Crippen LogP contribution is -2.42. The van der Waals surface area contributed by atoms with E-state index in [1.807, 2.05) is 39.9 Å². The molecule has 144 valence electrons. The number of benzene rings is 1. The van der Waals surface area contributed by atoms with E-state index in [1.54, 1.807) is 0 Å². The van der Waals surface area contributed by atoms with Crippen molar-refractivity contribution in [2.45, 2.75) is 48.6 Å². The predicted octanol–water partition coefficient (Wildman–Crippen LogP) is 2.87. The minimum atomic E-state index is -0.349. The summed E-state index contributed by atoms with van der Waals surface area (Å²) in [4.78, 5) is 15.2. The van der Waals surface area contributed by atoms with Gasteiger partial charge in [-0.1, -0.05) is 61.4 Å². The Balaban J connectivity index is 1.58. The quantitative estimate of drug-likeness (QED) is 0.735. The molecule has 7 nitrogen and oxygen atoms in total. The van der Waals surface area contributed by atoms with Crippen LogP contribution in [-0.2, 0) is 9.53 Å². The first-order chi connectivity index (χ1) is 13.3. The zero-order chi connectivity index (χ0) is 18.5. The molecule has 0 N–H and O–H groups in total. The molecule has 2 fully saturated rings. The molecule has 1 amide bonds.